The van der Waals surface area contributed by atoms with Gasteiger partial charge >= 0.3 is 7.12 Å². The molecule has 0 aromatic heterocycles. The molecule has 0 aromatic carbocycles. The molecule has 4 heteroatoms. The summed E-state index contributed by atoms with van der Waals surface area (Å²) in [6.07, 6.45) is 2.97. The lowest BCUT2D eigenvalue weighted by molar-refractivity contribution is 0.00578. The quantitative estimate of drug-likeness (QED) is 0.427. The predicted octanol–water partition coefficient (Wildman–Crippen LogP) is 2.44. The van der Waals surface area contributed by atoms with Crippen LogP contribution in [0.15, 0.2) is 0 Å². The van der Waals surface area contributed by atoms with E-state index < -0.39 is 0 Å². The largest absolute Gasteiger partial charge is 0.551 e. The first-order valence-corrected chi connectivity index (χ1v) is 6.22. The van der Waals surface area contributed by atoms with Crippen LogP contribution in [0.4, 0.5) is 0 Å². The van der Waals surface area contributed by atoms with E-state index in [0.717, 1.165) is 25.9 Å². The minimum absolute atomic E-state index is 0.289. The number of unbranched alkanes of at least 4 members (excludes halogenated alkanes) is 2. The van der Waals surface area contributed by atoms with Crippen molar-refractivity contribution in [3.05, 3.63) is 0 Å². The number of ether oxygens (including phenoxy) is 1. The van der Waals surface area contributed by atoms with Crippen molar-refractivity contribution in [2.75, 3.05) is 13.7 Å². The number of hydrogen-bond acceptors (Lipinski definition) is 3. The first kappa shape index (κ1) is 14.6. The average Bonchev–Trinajstić information content (AvgIpc) is 2.41. The summed E-state index contributed by atoms with van der Waals surface area (Å²) < 4.78 is 16.5. The molecule has 1 aliphatic heterocycles. The van der Waals surface area contributed by atoms with Crippen LogP contribution < -0.4 is 0 Å². The summed E-state index contributed by atoms with van der Waals surface area (Å²) in [4.78, 5) is 0. The Bertz CT molecular complexity index is 286. The van der Waals surface area contributed by atoms with Gasteiger partial charge in [0.05, 0.1) is 11.2 Å². The number of rotatable bonds is 4. The molecule has 96 valence electrons. The molecular weight excluding hydrogens is 215 g/mol. The molecule has 0 amide bonds. The van der Waals surface area contributed by atoms with Gasteiger partial charge in [0.2, 0.25) is 0 Å². The second-order valence-corrected chi connectivity index (χ2v) is 5.36. The summed E-state index contributed by atoms with van der Waals surface area (Å²) in [6.45, 7) is 8.94. The van der Waals surface area contributed by atoms with Crippen LogP contribution in [0.1, 0.15) is 47.0 Å². The van der Waals surface area contributed by atoms with E-state index in [1.165, 1.54) is 0 Å². The van der Waals surface area contributed by atoms with Crippen molar-refractivity contribution >= 4 is 7.12 Å². The van der Waals surface area contributed by atoms with Gasteiger partial charge in [0.15, 0.2) is 0 Å². The molecule has 0 bridgehead atoms. The molecule has 0 aromatic rings. The summed E-state index contributed by atoms with van der Waals surface area (Å²) in [5.41, 5.74) is -0.579. The van der Waals surface area contributed by atoms with Gasteiger partial charge in [0, 0.05) is 20.1 Å². The summed E-state index contributed by atoms with van der Waals surface area (Å²) in [5, 5.41) is 0. The fraction of sp³-hybridized carbons (Fsp3) is 0.846. The Labute approximate surface area is 105 Å². The van der Waals surface area contributed by atoms with E-state index in [-0.39, 0.29) is 18.3 Å². The Kier molecular flexibility index (Phi) is 5.06. The van der Waals surface area contributed by atoms with E-state index in [1.807, 2.05) is 27.7 Å². The Morgan fingerprint density at radius 2 is 1.65 bits per heavy atom. The van der Waals surface area contributed by atoms with Gasteiger partial charge in [-0.2, -0.15) is 0 Å². The van der Waals surface area contributed by atoms with Gasteiger partial charge in [-0.3, -0.25) is 0 Å². The molecule has 1 saturated heterocycles. The third kappa shape index (κ3) is 4.03. The molecule has 0 radical (unpaired) electrons. The molecular formula is C13H23BO3. The normalized spacial score (nSPS) is 21.1. The maximum absolute atomic E-state index is 5.77. The van der Waals surface area contributed by atoms with Gasteiger partial charge in [-0.1, -0.05) is 5.82 Å². The van der Waals surface area contributed by atoms with Crippen LogP contribution in [-0.4, -0.2) is 32.0 Å². The highest BCUT2D eigenvalue weighted by atomic mass is 16.7. The van der Waals surface area contributed by atoms with Gasteiger partial charge in [-0.05, 0) is 40.5 Å². The Morgan fingerprint density at radius 3 is 2.18 bits per heavy atom. The third-order valence-corrected chi connectivity index (χ3v) is 3.37. The SMILES string of the molecule is COCCCCC#CB1OC(C)(C)C(C)(C)O1. The Morgan fingerprint density at radius 1 is 1.06 bits per heavy atom. The minimum atomic E-state index is -0.387. The van der Waals surface area contributed by atoms with Crippen molar-refractivity contribution in [2.45, 2.75) is 58.2 Å². The average molecular weight is 238 g/mol. The maximum atomic E-state index is 5.77. The predicted molar refractivity (Wildman–Crippen MR) is 69.6 cm³/mol. The van der Waals surface area contributed by atoms with Crippen LogP contribution in [0.5, 0.6) is 0 Å². The molecule has 0 saturated carbocycles. The summed E-state index contributed by atoms with van der Waals surface area (Å²) in [6, 6.07) is 0. The standard InChI is InChI=1S/C13H23BO3/c1-12(2)13(3,4)17-14(16-12)10-8-6-7-9-11-15-5/h6-7,9,11H2,1-5H3. The topological polar surface area (TPSA) is 27.7 Å². The van der Waals surface area contributed by atoms with Crippen molar-refractivity contribution in [3.8, 4) is 11.7 Å². The summed E-state index contributed by atoms with van der Waals surface area (Å²) in [7, 11) is 1.33. The van der Waals surface area contributed by atoms with E-state index in [4.69, 9.17) is 14.0 Å². The lowest BCUT2D eigenvalue weighted by Gasteiger charge is -2.32. The van der Waals surface area contributed by atoms with Crippen molar-refractivity contribution in [1.82, 2.24) is 0 Å². The number of hydrogen-bond donors (Lipinski definition) is 0. The molecule has 1 fully saturated rings. The van der Waals surface area contributed by atoms with Crippen LogP contribution in [0.2, 0.25) is 0 Å². The van der Waals surface area contributed by atoms with Crippen molar-refractivity contribution < 1.29 is 14.0 Å². The molecule has 0 aliphatic carbocycles. The van der Waals surface area contributed by atoms with Gasteiger partial charge < -0.3 is 14.0 Å². The van der Waals surface area contributed by atoms with E-state index in [1.54, 1.807) is 7.11 Å². The Hall–Kier alpha value is -0.495. The molecule has 0 N–H and O–H groups in total. The molecule has 1 heterocycles. The van der Waals surface area contributed by atoms with E-state index >= 15 is 0 Å². The first-order valence-electron chi connectivity index (χ1n) is 6.22. The van der Waals surface area contributed by atoms with Crippen LogP contribution >= 0.6 is 0 Å². The molecule has 0 atom stereocenters. The smallest absolute Gasteiger partial charge is 0.392 e. The second-order valence-electron chi connectivity index (χ2n) is 5.36. The van der Waals surface area contributed by atoms with Gasteiger partial charge in [-0.25, -0.2) is 0 Å². The minimum Gasteiger partial charge on any atom is -0.392 e. The highest BCUT2D eigenvalue weighted by Gasteiger charge is 2.50. The highest BCUT2D eigenvalue weighted by molar-refractivity contribution is 6.55. The van der Waals surface area contributed by atoms with Crippen LogP contribution in [0.3, 0.4) is 0 Å². The van der Waals surface area contributed by atoms with E-state index in [2.05, 4.69) is 11.7 Å². The zero-order valence-electron chi connectivity index (χ0n) is 11.6. The molecule has 3 nitrogen and oxygen atoms in total. The lowest BCUT2D eigenvalue weighted by Crippen LogP contribution is -2.41. The van der Waals surface area contributed by atoms with Crippen LogP contribution in [0.25, 0.3) is 0 Å². The maximum Gasteiger partial charge on any atom is 0.551 e. The Balaban J connectivity index is 2.33. The molecule has 0 spiro atoms. The number of methoxy groups -OCH3 is 1. The van der Waals surface area contributed by atoms with Crippen molar-refractivity contribution in [1.29, 1.82) is 0 Å². The monoisotopic (exact) mass is 238 g/mol. The molecule has 17 heavy (non-hydrogen) atoms. The van der Waals surface area contributed by atoms with Crippen molar-refractivity contribution in [2.24, 2.45) is 0 Å². The fourth-order valence-corrected chi connectivity index (χ4v) is 1.52. The second kappa shape index (κ2) is 5.90. The van der Waals surface area contributed by atoms with E-state index in [9.17, 15) is 0 Å². The third-order valence-electron chi connectivity index (χ3n) is 3.37. The zero-order valence-corrected chi connectivity index (χ0v) is 11.6. The lowest BCUT2D eigenvalue weighted by atomic mass is 9.90. The van der Waals surface area contributed by atoms with Gasteiger partial charge in [0.25, 0.3) is 0 Å². The summed E-state index contributed by atoms with van der Waals surface area (Å²) in [5.74, 6) is 6.14. The zero-order chi connectivity index (χ0) is 12.9. The van der Waals surface area contributed by atoms with Crippen molar-refractivity contribution in [3.63, 3.8) is 0 Å². The first-order chi connectivity index (χ1) is 7.89. The van der Waals surface area contributed by atoms with Crippen LogP contribution in [-0.2, 0) is 14.0 Å². The van der Waals surface area contributed by atoms with E-state index in [0.29, 0.717) is 0 Å². The molecule has 1 rings (SSSR count). The van der Waals surface area contributed by atoms with Gasteiger partial charge in [-0.15, -0.1) is 5.92 Å². The van der Waals surface area contributed by atoms with Crippen LogP contribution in [0, 0.1) is 11.7 Å². The molecule has 0 unspecified atom stereocenters. The highest BCUT2D eigenvalue weighted by Crippen LogP contribution is 2.36. The fourth-order valence-electron chi connectivity index (χ4n) is 1.52. The molecule has 1 aliphatic rings. The summed E-state index contributed by atoms with van der Waals surface area (Å²) >= 11 is 0. The van der Waals surface area contributed by atoms with Gasteiger partial charge in [0.1, 0.15) is 0 Å².